The predicted octanol–water partition coefficient (Wildman–Crippen LogP) is 2.92. The van der Waals surface area contributed by atoms with Crippen LogP contribution in [0.1, 0.15) is 24.1 Å². The van der Waals surface area contributed by atoms with Crippen LogP contribution in [0.2, 0.25) is 5.02 Å². The molecule has 0 radical (unpaired) electrons. The summed E-state index contributed by atoms with van der Waals surface area (Å²) >= 11 is 5.78. The molecule has 6 heteroatoms. The molecule has 0 saturated carbocycles. The highest BCUT2D eigenvalue weighted by Gasteiger charge is 2.16. The fraction of sp³-hybridized carbons (Fsp3) is 0.214. The van der Waals surface area contributed by atoms with Gasteiger partial charge in [0, 0.05) is 23.5 Å². The van der Waals surface area contributed by atoms with Gasteiger partial charge in [-0.25, -0.2) is 13.1 Å². The number of hydrogen-bond acceptors (Lipinski definition) is 3. The Morgan fingerprint density at radius 2 is 1.75 bits per heavy atom. The van der Waals surface area contributed by atoms with Crippen molar-refractivity contribution in [1.82, 2.24) is 9.71 Å². The molecule has 0 spiro atoms. The Morgan fingerprint density at radius 3 is 2.35 bits per heavy atom. The van der Waals surface area contributed by atoms with Crippen LogP contribution in [0.4, 0.5) is 0 Å². The van der Waals surface area contributed by atoms with Gasteiger partial charge in [-0.15, -0.1) is 0 Å². The van der Waals surface area contributed by atoms with Crippen molar-refractivity contribution in [3.05, 3.63) is 64.9 Å². The summed E-state index contributed by atoms with van der Waals surface area (Å²) in [4.78, 5) is 3.91. The average Bonchev–Trinajstić information content (AvgIpc) is 2.41. The van der Waals surface area contributed by atoms with E-state index in [-0.39, 0.29) is 11.8 Å². The van der Waals surface area contributed by atoms with E-state index in [2.05, 4.69) is 9.71 Å². The third-order valence-electron chi connectivity index (χ3n) is 2.83. The maximum Gasteiger partial charge on any atom is 0.216 e. The number of aromatic nitrogens is 1. The first-order valence-corrected chi connectivity index (χ1v) is 8.14. The molecule has 1 heterocycles. The Labute approximate surface area is 123 Å². The first-order chi connectivity index (χ1) is 9.46. The van der Waals surface area contributed by atoms with Crippen LogP contribution in [0.25, 0.3) is 0 Å². The third-order valence-corrected chi connectivity index (χ3v) is 4.51. The molecule has 2 aromatic rings. The lowest BCUT2D eigenvalue weighted by molar-refractivity contribution is 0.566. The molecule has 0 aliphatic rings. The molecule has 0 amide bonds. The van der Waals surface area contributed by atoms with Gasteiger partial charge in [-0.1, -0.05) is 23.7 Å². The summed E-state index contributed by atoms with van der Waals surface area (Å²) in [6.07, 6.45) is 3.28. The fourth-order valence-electron chi connectivity index (χ4n) is 1.83. The molecule has 106 valence electrons. The Kier molecular flexibility index (Phi) is 4.75. The van der Waals surface area contributed by atoms with E-state index in [1.165, 1.54) is 0 Å². The number of benzene rings is 1. The van der Waals surface area contributed by atoms with E-state index in [4.69, 9.17) is 11.6 Å². The van der Waals surface area contributed by atoms with Gasteiger partial charge >= 0.3 is 0 Å². The molecular weight excluding hydrogens is 296 g/mol. The molecule has 0 aliphatic carbocycles. The lowest BCUT2D eigenvalue weighted by Crippen LogP contribution is -2.28. The summed E-state index contributed by atoms with van der Waals surface area (Å²) in [5, 5.41) is 0.587. The standard InChI is InChI=1S/C14H15ClN2O2S/c1-11(13-6-8-16-9-7-13)17-20(18,19)10-12-2-4-14(15)5-3-12/h2-9,11,17H,10H2,1H3/t11-/m0/s1. The van der Waals surface area contributed by atoms with Gasteiger partial charge in [-0.2, -0.15) is 0 Å². The summed E-state index contributed by atoms with van der Waals surface area (Å²) in [7, 11) is -3.41. The van der Waals surface area contributed by atoms with Crippen molar-refractivity contribution >= 4 is 21.6 Å². The Bertz CT molecular complexity index is 657. The molecule has 1 atom stereocenters. The molecule has 0 unspecified atom stereocenters. The zero-order valence-electron chi connectivity index (χ0n) is 11.0. The zero-order chi connectivity index (χ0) is 14.6. The van der Waals surface area contributed by atoms with Gasteiger partial charge in [0.25, 0.3) is 0 Å². The number of nitrogens with zero attached hydrogens (tertiary/aromatic N) is 1. The van der Waals surface area contributed by atoms with E-state index in [0.29, 0.717) is 10.6 Å². The van der Waals surface area contributed by atoms with Crippen molar-refractivity contribution in [2.24, 2.45) is 0 Å². The fourth-order valence-corrected chi connectivity index (χ4v) is 3.35. The maximum absolute atomic E-state index is 12.1. The van der Waals surface area contributed by atoms with Gasteiger partial charge in [0.1, 0.15) is 0 Å². The van der Waals surface area contributed by atoms with Crippen LogP contribution >= 0.6 is 11.6 Å². The van der Waals surface area contributed by atoms with Gasteiger partial charge in [-0.05, 0) is 42.3 Å². The second-order valence-electron chi connectivity index (χ2n) is 4.51. The van der Waals surface area contributed by atoms with Crippen LogP contribution in [-0.4, -0.2) is 13.4 Å². The van der Waals surface area contributed by atoms with Crippen molar-refractivity contribution in [2.45, 2.75) is 18.7 Å². The van der Waals surface area contributed by atoms with Gasteiger partial charge < -0.3 is 0 Å². The summed E-state index contributed by atoms with van der Waals surface area (Å²) in [5.74, 6) is -0.0698. The molecule has 1 N–H and O–H groups in total. The van der Waals surface area contributed by atoms with Crippen molar-refractivity contribution in [2.75, 3.05) is 0 Å². The van der Waals surface area contributed by atoms with E-state index in [1.807, 2.05) is 0 Å². The second-order valence-corrected chi connectivity index (χ2v) is 6.70. The Morgan fingerprint density at radius 1 is 1.15 bits per heavy atom. The number of nitrogens with one attached hydrogen (secondary N) is 1. The van der Waals surface area contributed by atoms with E-state index >= 15 is 0 Å². The van der Waals surface area contributed by atoms with Crippen LogP contribution in [-0.2, 0) is 15.8 Å². The minimum Gasteiger partial charge on any atom is -0.265 e. The number of hydrogen-bond donors (Lipinski definition) is 1. The van der Waals surface area contributed by atoms with Crippen molar-refractivity contribution in [3.63, 3.8) is 0 Å². The van der Waals surface area contributed by atoms with Crippen LogP contribution in [0, 0.1) is 0 Å². The Hall–Kier alpha value is -1.43. The first-order valence-electron chi connectivity index (χ1n) is 6.11. The monoisotopic (exact) mass is 310 g/mol. The van der Waals surface area contributed by atoms with Crippen molar-refractivity contribution in [1.29, 1.82) is 0 Å². The molecule has 0 saturated heterocycles. The summed E-state index contributed by atoms with van der Waals surface area (Å²) < 4.78 is 26.9. The van der Waals surface area contributed by atoms with Crippen LogP contribution in [0.15, 0.2) is 48.8 Å². The first kappa shape index (κ1) is 15.0. The summed E-state index contributed by atoms with van der Waals surface area (Å²) in [5.41, 5.74) is 1.57. The Balaban J connectivity index is 2.06. The molecule has 4 nitrogen and oxygen atoms in total. The highest BCUT2D eigenvalue weighted by molar-refractivity contribution is 7.88. The number of sulfonamides is 1. The largest absolute Gasteiger partial charge is 0.265 e. The lowest BCUT2D eigenvalue weighted by Gasteiger charge is -2.14. The zero-order valence-corrected chi connectivity index (χ0v) is 12.5. The van der Waals surface area contributed by atoms with Crippen molar-refractivity contribution < 1.29 is 8.42 Å². The van der Waals surface area contributed by atoms with Gasteiger partial charge in [0.2, 0.25) is 10.0 Å². The second kappa shape index (κ2) is 6.35. The molecular formula is C14H15ClN2O2S. The minimum absolute atomic E-state index is 0.0698. The average molecular weight is 311 g/mol. The minimum atomic E-state index is -3.41. The molecule has 0 bridgehead atoms. The maximum atomic E-state index is 12.1. The molecule has 0 aliphatic heterocycles. The van der Waals surface area contributed by atoms with E-state index in [9.17, 15) is 8.42 Å². The smallest absolute Gasteiger partial charge is 0.216 e. The topological polar surface area (TPSA) is 59.1 Å². The SMILES string of the molecule is C[C@H](NS(=O)(=O)Cc1ccc(Cl)cc1)c1ccncc1. The normalized spacial score (nSPS) is 13.1. The molecule has 1 aromatic heterocycles. The van der Waals surface area contributed by atoms with Gasteiger partial charge in [0.15, 0.2) is 0 Å². The predicted molar refractivity (Wildman–Crippen MR) is 79.9 cm³/mol. The summed E-state index contributed by atoms with van der Waals surface area (Å²) in [6.45, 7) is 1.80. The highest BCUT2D eigenvalue weighted by atomic mass is 35.5. The number of pyridine rings is 1. The third kappa shape index (κ3) is 4.30. The molecule has 1 aromatic carbocycles. The quantitative estimate of drug-likeness (QED) is 0.923. The summed E-state index contributed by atoms with van der Waals surface area (Å²) in [6, 6.07) is 10.1. The van der Waals surface area contributed by atoms with Crippen LogP contribution in [0.3, 0.4) is 0 Å². The van der Waals surface area contributed by atoms with E-state index < -0.39 is 10.0 Å². The van der Waals surface area contributed by atoms with Crippen LogP contribution < -0.4 is 4.72 Å². The molecule has 0 fully saturated rings. The van der Waals surface area contributed by atoms with Gasteiger partial charge in [-0.3, -0.25) is 4.98 Å². The van der Waals surface area contributed by atoms with Crippen LogP contribution in [0.5, 0.6) is 0 Å². The van der Waals surface area contributed by atoms with Gasteiger partial charge in [0.05, 0.1) is 5.75 Å². The van der Waals surface area contributed by atoms with Crippen molar-refractivity contribution in [3.8, 4) is 0 Å². The van der Waals surface area contributed by atoms with E-state index in [0.717, 1.165) is 5.56 Å². The lowest BCUT2D eigenvalue weighted by atomic mass is 10.1. The molecule has 20 heavy (non-hydrogen) atoms. The number of rotatable bonds is 5. The molecule has 2 rings (SSSR count). The number of halogens is 1. The highest BCUT2D eigenvalue weighted by Crippen LogP contribution is 2.15. The van der Waals surface area contributed by atoms with E-state index in [1.54, 1.807) is 55.7 Å².